The summed E-state index contributed by atoms with van der Waals surface area (Å²) in [4.78, 5) is 8.41. The zero-order valence-corrected chi connectivity index (χ0v) is 7.94. The third-order valence-corrected chi connectivity index (χ3v) is 2.00. The van der Waals surface area contributed by atoms with Crippen molar-refractivity contribution in [2.24, 2.45) is 0 Å². The Morgan fingerprint density at radius 1 is 1.00 bits per heavy atom. The van der Waals surface area contributed by atoms with Crippen molar-refractivity contribution in [3.05, 3.63) is 42.7 Å². The maximum atomic E-state index is 4.21. The van der Waals surface area contributed by atoms with Crippen LogP contribution in [-0.4, -0.2) is 17.0 Å². The van der Waals surface area contributed by atoms with Crippen molar-refractivity contribution in [2.75, 3.05) is 12.4 Å². The van der Waals surface area contributed by atoms with Gasteiger partial charge in [-0.3, -0.25) is 0 Å². The minimum Gasteiger partial charge on any atom is -0.388 e. The molecule has 2 rings (SSSR count). The average Bonchev–Trinajstić information content (AvgIpc) is 2.30. The Hall–Kier alpha value is -1.90. The van der Waals surface area contributed by atoms with Gasteiger partial charge in [0.25, 0.3) is 0 Å². The van der Waals surface area contributed by atoms with Gasteiger partial charge in [0.1, 0.15) is 0 Å². The minimum atomic E-state index is 0.748. The van der Waals surface area contributed by atoms with Crippen molar-refractivity contribution >= 4 is 5.69 Å². The lowest BCUT2D eigenvalue weighted by molar-refractivity contribution is 1.17. The molecule has 0 spiro atoms. The SMILES string of the molecule is CNc1ccccc1-c1ncccn1. The molecule has 0 aliphatic carbocycles. The van der Waals surface area contributed by atoms with Crippen molar-refractivity contribution in [1.82, 2.24) is 9.97 Å². The van der Waals surface area contributed by atoms with Crippen molar-refractivity contribution in [1.29, 1.82) is 0 Å². The Kier molecular flexibility index (Phi) is 2.40. The zero-order valence-electron chi connectivity index (χ0n) is 7.94. The smallest absolute Gasteiger partial charge is 0.161 e. The van der Waals surface area contributed by atoms with Crippen LogP contribution >= 0.6 is 0 Å². The number of rotatable bonds is 2. The molecule has 2 aromatic rings. The monoisotopic (exact) mass is 185 g/mol. The Morgan fingerprint density at radius 2 is 1.71 bits per heavy atom. The van der Waals surface area contributed by atoms with Crippen LogP contribution in [0, 0.1) is 0 Å². The van der Waals surface area contributed by atoms with Gasteiger partial charge in [0.05, 0.1) is 0 Å². The van der Waals surface area contributed by atoms with E-state index in [1.54, 1.807) is 12.4 Å². The number of benzene rings is 1. The first kappa shape index (κ1) is 8.69. The van der Waals surface area contributed by atoms with Gasteiger partial charge in [-0.15, -0.1) is 0 Å². The molecule has 1 heterocycles. The van der Waals surface area contributed by atoms with E-state index in [9.17, 15) is 0 Å². The lowest BCUT2D eigenvalue weighted by atomic mass is 10.1. The van der Waals surface area contributed by atoms with Gasteiger partial charge in [-0.2, -0.15) is 0 Å². The fraction of sp³-hybridized carbons (Fsp3) is 0.0909. The predicted octanol–water partition coefficient (Wildman–Crippen LogP) is 2.19. The van der Waals surface area contributed by atoms with Gasteiger partial charge in [-0.25, -0.2) is 9.97 Å². The van der Waals surface area contributed by atoms with Crippen LogP contribution in [0.2, 0.25) is 0 Å². The summed E-state index contributed by atoms with van der Waals surface area (Å²) in [6, 6.07) is 9.78. The molecule has 14 heavy (non-hydrogen) atoms. The van der Waals surface area contributed by atoms with E-state index in [4.69, 9.17) is 0 Å². The summed E-state index contributed by atoms with van der Waals surface area (Å²) in [5, 5.41) is 3.11. The molecular formula is C11H11N3. The fourth-order valence-corrected chi connectivity index (χ4v) is 1.33. The van der Waals surface area contributed by atoms with Crippen molar-refractivity contribution in [2.45, 2.75) is 0 Å². The second-order valence-electron chi connectivity index (χ2n) is 2.87. The van der Waals surface area contributed by atoms with E-state index in [0.29, 0.717) is 0 Å². The molecule has 1 aromatic heterocycles. The number of nitrogens with one attached hydrogen (secondary N) is 1. The third kappa shape index (κ3) is 1.57. The van der Waals surface area contributed by atoms with E-state index in [-0.39, 0.29) is 0 Å². The molecule has 0 bridgehead atoms. The van der Waals surface area contributed by atoms with Crippen LogP contribution in [0.5, 0.6) is 0 Å². The summed E-state index contributed by atoms with van der Waals surface area (Å²) in [5.41, 5.74) is 2.06. The highest BCUT2D eigenvalue weighted by atomic mass is 14.9. The van der Waals surface area contributed by atoms with Crippen molar-refractivity contribution < 1.29 is 0 Å². The average molecular weight is 185 g/mol. The molecule has 0 unspecified atom stereocenters. The molecule has 0 atom stereocenters. The zero-order chi connectivity index (χ0) is 9.80. The summed E-state index contributed by atoms with van der Waals surface area (Å²) in [6.45, 7) is 0. The largest absolute Gasteiger partial charge is 0.388 e. The minimum absolute atomic E-state index is 0.748. The number of hydrogen-bond donors (Lipinski definition) is 1. The van der Waals surface area contributed by atoms with Crippen LogP contribution in [-0.2, 0) is 0 Å². The van der Waals surface area contributed by atoms with Gasteiger partial charge in [-0.05, 0) is 18.2 Å². The Balaban J connectivity index is 2.51. The highest BCUT2D eigenvalue weighted by Crippen LogP contribution is 2.23. The van der Waals surface area contributed by atoms with Crippen LogP contribution in [0.1, 0.15) is 0 Å². The molecule has 0 aliphatic heterocycles. The van der Waals surface area contributed by atoms with E-state index in [2.05, 4.69) is 15.3 Å². The van der Waals surface area contributed by atoms with E-state index in [1.807, 2.05) is 37.4 Å². The molecule has 0 fully saturated rings. The second-order valence-corrected chi connectivity index (χ2v) is 2.87. The molecule has 3 nitrogen and oxygen atoms in total. The summed E-state index contributed by atoms with van der Waals surface area (Å²) in [5.74, 6) is 0.748. The van der Waals surface area contributed by atoms with Gasteiger partial charge >= 0.3 is 0 Å². The van der Waals surface area contributed by atoms with E-state index >= 15 is 0 Å². The molecule has 0 saturated carbocycles. The summed E-state index contributed by atoms with van der Waals surface area (Å²) in [7, 11) is 1.89. The number of nitrogens with zero attached hydrogens (tertiary/aromatic N) is 2. The highest BCUT2D eigenvalue weighted by molar-refractivity contribution is 5.72. The van der Waals surface area contributed by atoms with Crippen molar-refractivity contribution in [3.8, 4) is 11.4 Å². The first-order chi connectivity index (χ1) is 6.92. The topological polar surface area (TPSA) is 37.8 Å². The first-order valence-corrected chi connectivity index (χ1v) is 4.46. The van der Waals surface area contributed by atoms with Gasteiger partial charge in [0.2, 0.25) is 0 Å². The van der Waals surface area contributed by atoms with E-state index in [1.165, 1.54) is 0 Å². The van der Waals surface area contributed by atoms with Gasteiger partial charge < -0.3 is 5.32 Å². The van der Waals surface area contributed by atoms with E-state index in [0.717, 1.165) is 17.1 Å². The molecule has 0 radical (unpaired) electrons. The molecule has 70 valence electrons. The maximum Gasteiger partial charge on any atom is 0.161 e. The molecule has 1 aromatic carbocycles. The third-order valence-electron chi connectivity index (χ3n) is 2.00. The Bertz CT molecular complexity index is 412. The molecule has 0 saturated heterocycles. The summed E-state index contributed by atoms with van der Waals surface area (Å²) < 4.78 is 0. The molecule has 3 heteroatoms. The lowest BCUT2D eigenvalue weighted by Gasteiger charge is -2.06. The van der Waals surface area contributed by atoms with E-state index < -0.39 is 0 Å². The fourth-order valence-electron chi connectivity index (χ4n) is 1.33. The standard InChI is InChI=1S/C11H11N3/c1-12-10-6-3-2-5-9(10)11-13-7-4-8-14-11/h2-8,12H,1H3. The highest BCUT2D eigenvalue weighted by Gasteiger charge is 2.03. The summed E-state index contributed by atoms with van der Waals surface area (Å²) in [6.07, 6.45) is 3.49. The second kappa shape index (κ2) is 3.87. The van der Waals surface area contributed by atoms with Crippen molar-refractivity contribution in [3.63, 3.8) is 0 Å². The van der Waals surface area contributed by atoms with Crippen LogP contribution in [0.15, 0.2) is 42.7 Å². The maximum absolute atomic E-state index is 4.21. The first-order valence-electron chi connectivity index (χ1n) is 4.46. The normalized spacial score (nSPS) is 9.79. The van der Waals surface area contributed by atoms with Gasteiger partial charge in [0, 0.05) is 30.7 Å². The lowest BCUT2D eigenvalue weighted by Crippen LogP contribution is -1.94. The Morgan fingerprint density at radius 3 is 2.43 bits per heavy atom. The van der Waals surface area contributed by atoms with Crippen LogP contribution < -0.4 is 5.32 Å². The van der Waals surface area contributed by atoms with Crippen LogP contribution in [0.25, 0.3) is 11.4 Å². The number of para-hydroxylation sites is 1. The van der Waals surface area contributed by atoms with Crippen LogP contribution in [0.4, 0.5) is 5.69 Å². The predicted molar refractivity (Wildman–Crippen MR) is 57.0 cm³/mol. The number of aromatic nitrogens is 2. The number of anilines is 1. The molecule has 1 N–H and O–H groups in total. The number of hydrogen-bond acceptors (Lipinski definition) is 3. The summed E-state index contributed by atoms with van der Waals surface area (Å²) >= 11 is 0. The van der Waals surface area contributed by atoms with Gasteiger partial charge in [0.15, 0.2) is 5.82 Å². The Labute approximate surface area is 82.8 Å². The van der Waals surface area contributed by atoms with Crippen LogP contribution in [0.3, 0.4) is 0 Å². The molecule has 0 amide bonds. The molecular weight excluding hydrogens is 174 g/mol. The quantitative estimate of drug-likeness (QED) is 0.779. The van der Waals surface area contributed by atoms with Gasteiger partial charge in [-0.1, -0.05) is 12.1 Å². The molecule has 0 aliphatic rings.